The molecule has 1 heterocycles. The SMILES string of the molecule is CCCn1c(CO)nnc1SCc1cccc(C(F)(F)F)c1. The van der Waals surface area contributed by atoms with E-state index in [9.17, 15) is 18.3 Å². The minimum atomic E-state index is -4.34. The molecule has 0 aliphatic heterocycles. The Kier molecular flexibility index (Phi) is 5.47. The highest BCUT2D eigenvalue weighted by Gasteiger charge is 2.30. The Labute approximate surface area is 130 Å². The molecule has 0 aliphatic carbocycles. The number of benzene rings is 1. The molecule has 0 atom stereocenters. The van der Waals surface area contributed by atoms with Gasteiger partial charge in [-0.15, -0.1) is 10.2 Å². The van der Waals surface area contributed by atoms with Gasteiger partial charge in [-0.25, -0.2) is 0 Å². The van der Waals surface area contributed by atoms with E-state index >= 15 is 0 Å². The molecule has 22 heavy (non-hydrogen) atoms. The zero-order valence-electron chi connectivity index (χ0n) is 12.0. The third kappa shape index (κ3) is 4.01. The molecule has 8 heteroatoms. The van der Waals surface area contributed by atoms with Crippen LogP contribution in [0.4, 0.5) is 13.2 Å². The third-order valence-electron chi connectivity index (χ3n) is 3.00. The van der Waals surface area contributed by atoms with Crippen LogP contribution in [0.3, 0.4) is 0 Å². The zero-order chi connectivity index (χ0) is 16.2. The summed E-state index contributed by atoms with van der Waals surface area (Å²) in [4.78, 5) is 0. The molecular weight excluding hydrogens is 315 g/mol. The van der Waals surface area contributed by atoms with Crippen molar-refractivity contribution in [2.45, 2.75) is 43.6 Å². The van der Waals surface area contributed by atoms with E-state index in [1.807, 2.05) is 6.92 Å². The second-order valence-electron chi connectivity index (χ2n) is 4.70. The van der Waals surface area contributed by atoms with Gasteiger partial charge >= 0.3 is 6.18 Å². The zero-order valence-corrected chi connectivity index (χ0v) is 12.8. The van der Waals surface area contributed by atoms with Crippen molar-refractivity contribution in [3.63, 3.8) is 0 Å². The van der Waals surface area contributed by atoms with E-state index in [0.29, 0.717) is 28.8 Å². The van der Waals surface area contributed by atoms with E-state index in [4.69, 9.17) is 0 Å². The molecule has 2 rings (SSSR count). The van der Waals surface area contributed by atoms with E-state index in [2.05, 4.69) is 10.2 Å². The highest BCUT2D eigenvalue weighted by molar-refractivity contribution is 7.98. The van der Waals surface area contributed by atoms with E-state index in [-0.39, 0.29) is 6.61 Å². The predicted molar refractivity (Wildman–Crippen MR) is 77.2 cm³/mol. The van der Waals surface area contributed by atoms with Gasteiger partial charge in [0.05, 0.1) is 5.56 Å². The number of thioether (sulfide) groups is 1. The molecular formula is C14H16F3N3OS. The standard InChI is InChI=1S/C14H16F3N3OS/c1-2-6-20-12(8-21)18-19-13(20)22-9-10-4-3-5-11(7-10)14(15,16)17/h3-5,7,21H,2,6,8-9H2,1H3. The highest BCUT2D eigenvalue weighted by atomic mass is 32.2. The minimum Gasteiger partial charge on any atom is -0.388 e. The van der Waals surface area contributed by atoms with Gasteiger partial charge in [0.1, 0.15) is 6.61 Å². The highest BCUT2D eigenvalue weighted by Crippen LogP contribution is 2.31. The Morgan fingerprint density at radius 1 is 1.27 bits per heavy atom. The first-order valence-electron chi connectivity index (χ1n) is 6.77. The van der Waals surface area contributed by atoms with Crippen LogP contribution in [0.1, 0.15) is 30.3 Å². The Morgan fingerprint density at radius 2 is 2.05 bits per heavy atom. The van der Waals surface area contributed by atoms with Gasteiger partial charge in [0.2, 0.25) is 0 Å². The van der Waals surface area contributed by atoms with Crippen molar-refractivity contribution >= 4 is 11.8 Å². The van der Waals surface area contributed by atoms with E-state index in [0.717, 1.165) is 18.6 Å². The molecule has 0 fully saturated rings. The molecule has 1 aromatic carbocycles. The maximum absolute atomic E-state index is 12.7. The lowest BCUT2D eigenvalue weighted by molar-refractivity contribution is -0.137. The number of rotatable bonds is 6. The first-order chi connectivity index (χ1) is 10.5. The van der Waals surface area contributed by atoms with E-state index < -0.39 is 11.7 Å². The second-order valence-corrected chi connectivity index (χ2v) is 5.64. The van der Waals surface area contributed by atoms with Crippen LogP contribution in [-0.2, 0) is 25.1 Å². The minimum absolute atomic E-state index is 0.211. The molecule has 1 N–H and O–H groups in total. The van der Waals surface area contributed by atoms with Crippen LogP contribution in [0.15, 0.2) is 29.4 Å². The molecule has 0 saturated heterocycles. The number of hydrogen-bond donors (Lipinski definition) is 1. The topological polar surface area (TPSA) is 50.9 Å². The number of halogens is 3. The van der Waals surface area contributed by atoms with E-state index in [1.165, 1.54) is 17.8 Å². The fourth-order valence-electron chi connectivity index (χ4n) is 1.98. The lowest BCUT2D eigenvalue weighted by Crippen LogP contribution is -2.06. The Bertz CT molecular complexity index is 628. The van der Waals surface area contributed by atoms with Crippen molar-refractivity contribution in [1.29, 1.82) is 0 Å². The smallest absolute Gasteiger partial charge is 0.388 e. The number of alkyl halides is 3. The summed E-state index contributed by atoms with van der Waals surface area (Å²) >= 11 is 1.31. The molecule has 0 spiro atoms. The van der Waals surface area contributed by atoms with Gasteiger partial charge in [-0.2, -0.15) is 13.2 Å². The van der Waals surface area contributed by atoms with Crippen LogP contribution in [0.2, 0.25) is 0 Å². The summed E-state index contributed by atoms with van der Waals surface area (Å²) in [7, 11) is 0. The molecule has 0 radical (unpaired) electrons. The maximum Gasteiger partial charge on any atom is 0.416 e. The number of nitrogens with zero attached hydrogens (tertiary/aromatic N) is 3. The summed E-state index contributed by atoms with van der Waals surface area (Å²) in [6.45, 7) is 2.44. The fourth-order valence-corrected chi connectivity index (χ4v) is 2.90. The summed E-state index contributed by atoms with van der Waals surface area (Å²) < 4.78 is 39.8. The van der Waals surface area contributed by atoms with E-state index in [1.54, 1.807) is 10.6 Å². The molecule has 4 nitrogen and oxygen atoms in total. The molecule has 0 aliphatic rings. The number of aliphatic hydroxyl groups excluding tert-OH is 1. The average Bonchev–Trinajstić information content (AvgIpc) is 2.87. The maximum atomic E-state index is 12.7. The largest absolute Gasteiger partial charge is 0.416 e. The number of hydrogen-bond acceptors (Lipinski definition) is 4. The van der Waals surface area contributed by atoms with Crippen LogP contribution in [0.5, 0.6) is 0 Å². The summed E-state index contributed by atoms with van der Waals surface area (Å²) in [5.74, 6) is 0.824. The molecule has 120 valence electrons. The second kappa shape index (κ2) is 7.15. The lowest BCUT2D eigenvalue weighted by atomic mass is 10.1. The summed E-state index contributed by atoms with van der Waals surface area (Å²) in [6.07, 6.45) is -3.49. The Hall–Kier alpha value is -1.54. The van der Waals surface area contributed by atoms with Crippen molar-refractivity contribution in [3.8, 4) is 0 Å². The first kappa shape index (κ1) is 16.8. The van der Waals surface area contributed by atoms with Crippen LogP contribution < -0.4 is 0 Å². The molecule has 0 amide bonds. The normalized spacial score (nSPS) is 11.9. The number of aromatic nitrogens is 3. The lowest BCUT2D eigenvalue weighted by Gasteiger charge is -2.09. The summed E-state index contributed by atoms with van der Waals surface area (Å²) in [5.41, 5.74) is -0.0897. The van der Waals surface area contributed by atoms with Crippen LogP contribution in [0, 0.1) is 0 Å². The monoisotopic (exact) mass is 331 g/mol. The molecule has 0 bridgehead atoms. The average molecular weight is 331 g/mol. The summed E-state index contributed by atoms with van der Waals surface area (Å²) in [5, 5.41) is 17.7. The first-order valence-corrected chi connectivity index (χ1v) is 7.76. The van der Waals surface area contributed by atoms with Gasteiger partial charge in [-0.1, -0.05) is 36.9 Å². The quantitative estimate of drug-likeness (QED) is 0.823. The Balaban J connectivity index is 2.12. The van der Waals surface area contributed by atoms with Crippen LogP contribution in [0.25, 0.3) is 0 Å². The summed E-state index contributed by atoms with van der Waals surface area (Å²) in [6, 6.07) is 5.24. The van der Waals surface area contributed by atoms with Gasteiger partial charge in [0, 0.05) is 12.3 Å². The van der Waals surface area contributed by atoms with Crippen LogP contribution in [-0.4, -0.2) is 19.9 Å². The van der Waals surface area contributed by atoms with Crippen molar-refractivity contribution in [1.82, 2.24) is 14.8 Å². The Morgan fingerprint density at radius 3 is 2.68 bits per heavy atom. The number of aliphatic hydroxyl groups is 1. The third-order valence-corrected chi connectivity index (χ3v) is 4.04. The van der Waals surface area contributed by atoms with Crippen molar-refractivity contribution < 1.29 is 18.3 Å². The van der Waals surface area contributed by atoms with Gasteiger partial charge in [0.15, 0.2) is 11.0 Å². The van der Waals surface area contributed by atoms with Crippen LogP contribution >= 0.6 is 11.8 Å². The molecule has 0 saturated carbocycles. The van der Waals surface area contributed by atoms with Gasteiger partial charge in [0.25, 0.3) is 0 Å². The fraction of sp³-hybridized carbons (Fsp3) is 0.429. The van der Waals surface area contributed by atoms with Gasteiger partial charge in [-0.3, -0.25) is 0 Å². The van der Waals surface area contributed by atoms with Crippen molar-refractivity contribution in [2.75, 3.05) is 0 Å². The molecule has 0 unspecified atom stereocenters. The van der Waals surface area contributed by atoms with Crippen molar-refractivity contribution in [3.05, 3.63) is 41.2 Å². The van der Waals surface area contributed by atoms with Crippen molar-refractivity contribution in [2.24, 2.45) is 0 Å². The van der Waals surface area contributed by atoms with Gasteiger partial charge in [-0.05, 0) is 18.1 Å². The predicted octanol–water partition coefficient (Wildman–Crippen LogP) is 3.49. The van der Waals surface area contributed by atoms with Gasteiger partial charge < -0.3 is 9.67 Å². The molecule has 1 aromatic heterocycles. The molecule has 2 aromatic rings.